The number of carbonyl (C=O) groups excluding carboxylic acids is 1. The highest BCUT2D eigenvalue weighted by atomic mass is 35.5. The Balaban J connectivity index is 1.57. The Labute approximate surface area is 172 Å². The second-order valence-electron chi connectivity index (χ2n) is 6.16. The van der Waals surface area contributed by atoms with Gasteiger partial charge in [-0.05, 0) is 36.2 Å². The van der Waals surface area contributed by atoms with Gasteiger partial charge in [0.2, 0.25) is 5.91 Å². The topological polar surface area (TPSA) is 59.3 Å². The van der Waals surface area contributed by atoms with E-state index in [0.717, 1.165) is 24.1 Å². The van der Waals surface area contributed by atoms with Crippen molar-refractivity contribution < 1.29 is 4.79 Å². The largest absolute Gasteiger partial charge is 0.355 e. The number of aromatic nitrogens is 3. The summed E-state index contributed by atoms with van der Waals surface area (Å²) in [6.45, 7) is 2.65. The lowest BCUT2D eigenvalue weighted by Crippen LogP contribution is -2.30. The molecule has 0 fully saturated rings. The van der Waals surface area contributed by atoms with Crippen molar-refractivity contribution >= 4 is 46.5 Å². The molecule has 0 saturated carbocycles. The summed E-state index contributed by atoms with van der Waals surface area (Å²) in [5.74, 6) is 0.393. The first-order chi connectivity index (χ1) is 13.1. The Hall–Kier alpha value is -1.76. The molecule has 1 atom stereocenters. The van der Waals surface area contributed by atoms with Gasteiger partial charge in [0.1, 0.15) is 0 Å². The SMILES string of the molecule is CCC[C@H](CNC(=O)CSc1nnc2ccccn12)c1ccc(Cl)cc1Cl. The number of nitrogens with one attached hydrogen (secondary N) is 1. The molecule has 5 nitrogen and oxygen atoms in total. The fourth-order valence-electron chi connectivity index (χ4n) is 2.88. The number of nitrogens with zero attached hydrogens (tertiary/aromatic N) is 3. The van der Waals surface area contributed by atoms with Gasteiger partial charge in [0, 0.05) is 28.7 Å². The first-order valence-corrected chi connectivity index (χ1v) is 10.5. The van der Waals surface area contributed by atoms with E-state index in [-0.39, 0.29) is 17.6 Å². The molecule has 1 amide bonds. The number of benzene rings is 1. The van der Waals surface area contributed by atoms with Crippen LogP contribution in [0.4, 0.5) is 0 Å². The van der Waals surface area contributed by atoms with Crippen LogP contribution in [0.25, 0.3) is 5.65 Å². The van der Waals surface area contributed by atoms with E-state index in [1.165, 1.54) is 11.8 Å². The number of carbonyl (C=O) groups is 1. The zero-order valence-electron chi connectivity index (χ0n) is 14.9. The van der Waals surface area contributed by atoms with Crippen LogP contribution >= 0.6 is 35.0 Å². The highest BCUT2D eigenvalue weighted by Gasteiger charge is 2.16. The standard InChI is InChI=1S/C19H20Cl2N4OS/c1-2-5-13(15-8-7-14(20)10-16(15)21)11-22-18(26)12-27-19-24-23-17-6-3-4-9-25(17)19/h3-4,6-10,13H,2,5,11-12H2,1H3,(H,22,26)/t13-/m1/s1. The van der Waals surface area contributed by atoms with Crippen LogP contribution in [0.1, 0.15) is 31.2 Å². The maximum atomic E-state index is 12.3. The third-order valence-electron chi connectivity index (χ3n) is 4.20. The molecule has 2 aromatic heterocycles. The van der Waals surface area contributed by atoms with Gasteiger partial charge in [-0.25, -0.2) is 0 Å². The van der Waals surface area contributed by atoms with E-state index in [1.54, 1.807) is 6.07 Å². The van der Waals surface area contributed by atoms with Gasteiger partial charge in [-0.1, -0.05) is 60.4 Å². The lowest BCUT2D eigenvalue weighted by Gasteiger charge is -2.19. The normalized spacial score (nSPS) is 12.3. The summed E-state index contributed by atoms with van der Waals surface area (Å²) in [7, 11) is 0. The summed E-state index contributed by atoms with van der Waals surface area (Å²) in [5, 5.41) is 13.2. The van der Waals surface area contributed by atoms with E-state index in [1.807, 2.05) is 40.9 Å². The van der Waals surface area contributed by atoms with Gasteiger partial charge in [0.15, 0.2) is 10.8 Å². The third kappa shape index (κ3) is 5.15. The highest BCUT2D eigenvalue weighted by molar-refractivity contribution is 7.99. The van der Waals surface area contributed by atoms with Gasteiger partial charge in [0.25, 0.3) is 0 Å². The second-order valence-corrected chi connectivity index (χ2v) is 7.94. The summed E-state index contributed by atoms with van der Waals surface area (Å²) < 4.78 is 1.87. The molecule has 0 unspecified atom stereocenters. The van der Waals surface area contributed by atoms with Gasteiger partial charge in [-0.2, -0.15) is 0 Å². The Morgan fingerprint density at radius 1 is 1.26 bits per heavy atom. The Kier molecular flexibility index (Phi) is 6.99. The Morgan fingerprint density at radius 3 is 2.89 bits per heavy atom. The monoisotopic (exact) mass is 422 g/mol. The molecular weight excluding hydrogens is 403 g/mol. The molecule has 0 bridgehead atoms. The van der Waals surface area contributed by atoms with E-state index in [9.17, 15) is 4.79 Å². The first kappa shape index (κ1) is 20.0. The minimum Gasteiger partial charge on any atom is -0.355 e. The third-order valence-corrected chi connectivity index (χ3v) is 5.71. The van der Waals surface area contributed by atoms with Crippen LogP contribution in [-0.2, 0) is 4.79 Å². The summed E-state index contributed by atoms with van der Waals surface area (Å²) in [4.78, 5) is 12.3. The molecule has 0 radical (unpaired) electrons. The average molecular weight is 423 g/mol. The molecule has 0 aliphatic heterocycles. The van der Waals surface area contributed by atoms with Gasteiger partial charge in [0.05, 0.1) is 5.75 Å². The van der Waals surface area contributed by atoms with Crippen molar-refractivity contribution in [3.63, 3.8) is 0 Å². The van der Waals surface area contributed by atoms with E-state index < -0.39 is 0 Å². The Bertz CT molecular complexity index is 931. The maximum Gasteiger partial charge on any atom is 0.230 e. The van der Waals surface area contributed by atoms with Gasteiger partial charge >= 0.3 is 0 Å². The number of fused-ring (bicyclic) bond motifs is 1. The number of hydrogen-bond acceptors (Lipinski definition) is 4. The van der Waals surface area contributed by atoms with Crippen molar-refractivity contribution in [3.05, 3.63) is 58.2 Å². The van der Waals surface area contributed by atoms with Crippen LogP contribution in [0, 0.1) is 0 Å². The van der Waals surface area contributed by atoms with Crippen LogP contribution < -0.4 is 5.32 Å². The molecular formula is C19H20Cl2N4OS. The van der Waals surface area contributed by atoms with Crippen molar-refractivity contribution in [1.29, 1.82) is 0 Å². The molecule has 0 aliphatic carbocycles. The van der Waals surface area contributed by atoms with Crippen LogP contribution in [0.5, 0.6) is 0 Å². The smallest absolute Gasteiger partial charge is 0.230 e. The molecule has 0 aliphatic rings. The van der Waals surface area contributed by atoms with Gasteiger partial charge in [-0.3, -0.25) is 9.20 Å². The zero-order chi connectivity index (χ0) is 19.2. The minimum atomic E-state index is -0.0427. The number of thioether (sulfide) groups is 1. The van der Waals surface area contributed by atoms with Crippen molar-refractivity contribution in [2.75, 3.05) is 12.3 Å². The summed E-state index contributed by atoms with van der Waals surface area (Å²) in [5.41, 5.74) is 1.78. The van der Waals surface area contributed by atoms with E-state index in [4.69, 9.17) is 23.2 Å². The number of amides is 1. The lowest BCUT2D eigenvalue weighted by atomic mass is 9.94. The molecule has 1 N–H and O–H groups in total. The zero-order valence-corrected chi connectivity index (χ0v) is 17.2. The van der Waals surface area contributed by atoms with Crippen LogP contribution in [0.3, 0.4) is 0 Å². The summed E-state index contributed by atoms with van der Waals surface area (Å²) in [6.07, 6.45) is 3.82. The van der Waals surface area contributed by atoms with E-state index >= 15 is 0 Å². The molecule has 3 aromatic rings. The van der Waals surface area contributed by atoms with E-state index in [0.29, 0.717) is 21.7 Å². The van der Waals surface area contributed by atoms with Crippen molar-refractivity contribution in [3.8, 4) is 0 Å². The predicted octanol–water partition coefficient (Wildman–Crippen LogP) is 4.83. The maximum absolute atomic E-state index is 12.3. The molecule has 3 rings (SSSR count). The molecule has 0 saturated heterocycles. The molecule has 142 valence electrons. The fourth-order valence-corrected chi connectivity index (χ4v) is 4.20. The highest BCUT2D eigenvalue weighted by Crippen LogP contribution is 2.30. The minimum absolute atomic E-state index is 0.0427. The van der Waals surface area contributed by atoms with Gasteiger partial charge < -0.3 is 5.32 Å². The van der Waals surface area contributed by atoms with Gasteiger partial charge in [-0.15, -0.1) is 10.2 Å². The van der Waals surface area contributed by atoms with Crippen LogP contribution in [0.2, 0.25) is 10.0 Å². The molecule has 0 spiro atoms. The number of pyridine rings is 1. The predicted molar refractivity (Wildman–Crippen MR) is 111 cm³/mol. The van der Waals surface area contributed by atoms with Crippen molar-refractivity contribution in [1.82, 2.24) is 19.9 Å². The molecule has 27 heavy (non-hydrogen) atoms. The second kappa shape index (κ2) is 9.44. The van der Waals surface area contributed by atoms with Crippen LogP contribution in [0.15, 0.2) is 47.8 Å². The molecule has 2 heterocycles. The number of halogens is 2. The summed E-state index contributed by atoms with van der Waals surface area (Å²) in [6, 6.07) is 11.2. The number of hydrogen-bond donors (Lipinski definition) is 1. The van der Waals surface area contributed by atoms with Crippen molar-refractivity contribution in [2.24, 2.45) is 0 Å². The molecule has 1 aromatic carbocycles. The number of rotatable bonds is 8. The first-order valence-electron chi connectivity index (χ1n) is 8.72. The lowest BCUT2D eigenvalue weighted by molar-refractivity contribution is -0.118. The fraction of sp³-hybridized carbons (Fsp3) is 0.316. The Morgan fingerprint density at radius 2 is 2.11 bits per heavy atom. The quantitative estimate of drug-likeness (QED) is 0.528. The van der Waals surface area contributed by atoms with Crippen molar-refractivity contribution in [2.45, 2.75) is 30.8 Å². The average Bonchev–Trinajstić information content (AvgIpc) is 3.07. The van der Waals surface area contributed by atoms with E-state index in [2.05, 4.69) is 22.4 Å². The molecule has 8 heteroatoms. The summed E-state index contributed by atoms with van der Waals surface area (Å²) >= 11 is 13.7. The van der Waals surface area contributed by atoms with Crippen LogP contribution in [-0.4, -0.2) is 32.8 Å².